The lowest BCUT2D eigenvalue weighted by Crippen LogP contribution is -2.03. The molecule has 130 valence electrons. The zero-order valence-electron chi connectivity index (χ0n) is 14.5. The van der Waals surface area contributed by atoms with Gasteiger partial charge in [0.1, 0.15) is 5.69 Å². The van der Waals surface area contributed by atoms with Gasteiger partial charge in [-0.25, -0.2) is 4.79 Å². The molecular weight excluding hydrogens is 322 g/mol. The molecule has 2 aromatic carbocycles. The van der Waals surface area contributed by atoms with E-state index in [2.05, 4.69) is 0 Å². The van der Waals surface area contributed by atoms with Crippen molar-refractivity contribution >= 4 is 16.9 Å². The Hall–Kier alpha value is -3.15. The summed E-state index contributed by atoms with van der Waals surface area (Å²) in [6.07, 6.45) is 0. The Kier molecular flexibility index (Phi) is 4.27. The number of hydrogen-bond acceptors (Lipinski definition) is 4. The van der Waals surface area contributed by atoms with Crippen LogP contribution in [0.25, 0.3) is 22.0 Å². The van der Waals surface area contributed by atoms with Gasteiger partial charge < -0.3 is 23.9 Å². The number of methoxy groups -OCH3 is 3. The van der Waals surface area contributed by atoms with E-state index in [0.29, 0.717) is 17.2 Å². The highest BCUT2D eigenvalue weighted by Gasteiger charge is 2.18. The van der Waals surface area contributed by atoms with Crippen LogP contribution in [0, 0.1) is 0 Å². The molecule has 1 aromatic heterocycles. The smallest absolute Gasteiger partial charge is 0.352 e. The highest BCUT2D eigenvalue weighted by atomic mass is 16.5. The van der Waals surface area contributed by atoms with Crippen molar-refractivity contribution in [1.29, 1.82) is 0 Å². The van der Waals surface area contributed by atoms with Crippen LogP contribution in [0.1, 0.15) is 10.5 Å². The molecule has 0 spiro atoms. The Morgan fingerprint density at radius 2 is 1.68 bits per heavy atom. The fourth-order valence-corrected chi connectivity index (χ4v) is 3.05. The van der Waals surface area contributed by atoms with Crippen LogP contribution in [0.15, 0.2) is 36.4 Å². The average molecular weight is 341 g/mol. The van der Waals surface area contributed by atoms with E-state index in [1.807, 2.05) is 30.3 Å². The van der Waals surface area contributed by atoms with E-state index in [4.69, 9.17) is 14.2 Å². The summed E-state index contributed by atoms with van der Waals surface area (Å²) >= 11 is 0. The molecule has 3 aromatic rings. The molecule has 0 atom stereocenters. The molecular formula is C19H19NO5. The third-order valence-corrected chi connectivity index (χ3v) is 4.28. The van der Waals surface area contributed by atoms with Crippen molar-refractivity contribution in [3.05, 3.63) is 42.1 Å². The van der Waals surface area contributed by atoms with Gasteiger partial charge in [0, 0.05) is 23.5 Å². The SMILES string of the molecule is COc1ccc(-c2ccc3c(c2)cc(C(=O)O)n3C)c(OC)c1OC. The van der Waals surface area contributed by atoms with E-state index in [1.54, 1.807) is 39.0 Å². The van der Waals surface area contributed by atoms with Gasteiger partial charge in [-0.2, -0.15) is 0 Å². The molecule has 0 aliphatic rings. The van der Waals surface area contributed by atoms with Crippen molar-refractivity contribution in [1.82, 2.24) is 4.57 Å². The van der Waals surface area contributed by atoms with Gasteiger partial charge in [0.15, 0.2) is 11.5 Å². The quantitative estimate of drug-likeness (QED) is 0.768. The Morgan fingerprint density at radius 3 is 2.28 bits per heavy atom. The third kappa shape index (κ3) is 2.65. The first-order valence-electron chi connectivity index (χ1n) is 7.64. The van der Waals surface area contributed by atoms with Crippen molar-refractivity contribution in [2.45, 2.75) is 0 Å². The summed E-state index contributed by atoms with van der Waals surface area (Å²) in [7, 11) is 6.44. The van der Waals surface area contributed by atoms with Gasteiger partial charge in [0.05, 0.1) is 21.3 Å². The minimum Gasteiger partial charge on any atom is -0.493 e. The molecule has 0 aliphatic carbocycles. The first-order valence-corrected chi connectivity index (χ1v) is 7.64. The maximum Gasteiger partial charge on any atom is 0.352 e. The fourth-order valence-electron chi connectivity index (χ4n) is 3.05. The largest absolute Gasteiger partial charge is 0.493 e. The zero-order valence-corrected chi connectivity index (χ0v) is 14.5. The Morgan fingerprint density at radius 1 is 0.960 bits per heavy atom. The van der Waals surface area contributed by atoms with E-state index in [0.717, 1.165) is 22.0 Å². The van der Waals surface area contributed by atoms with Crippen LogP contribution in [0.3, 0.4) is 0 Å². The Labute approximate surface area is 145 Å². The number of ether oxygens (including phenoxy) is 3. The lowest BCUT2D eigenvalue weighted by Gasteiger charge is -2.16. The van der Waals surface area contributed by atoms with Gasteiger partial charge in [0.2, 0.25) is 5.75 Å². The normalized spacial score (nSPS) is 10.7. The minimum atomic E-state index is -0.955. The third-order valence-electron chi connectivity index (χ3n) is 4.28. The summed E-state index contributed by atoms with van der Waals surface area (Å²) < 4.78 is 17.9. The number of aromatic nitrogens is 1. The number of aromatic carboxylic acids is 1. The molecule has 6 heteroatoms. The highest BCUT2D eigenvalue weighted by Crippen LogP contribution is 2.44. The van der Waals surface area contributed by atoms with Crippen molar-refractivity contribution in [3.63, 3.8) is 0 Å². The van der Waals surface area contributed by atoms with Crippen LogP contribution in [0.2, 0.25) is 0 Å². The van der Waals surface area contributed by atoms with E-state index >= 15 is 0 Å². The molecule has 1 N–H and O–H groups in total. The van der Waals surface area contributed by atoms with Gasteiger partial charge in [-0.3, -0.25) is 0 Å². The van der Waals surface area contributed by atoms with Gasteiger partial charge in [0.25, 0.3) is 0 Å². The number of aryl methyl sites for hydroxylation is 1. The monoisotopic (exact) mass is 341 g/mol. The summed E-state index contributed by atoms with van der Waals surface area (Å²) in [5, 5.41) is 10.1. The minimum absolute atomic E-state index is 0.242. The number of carboxylic acid groups (broad SMARTS) is 1. The second-order valence-electron chi connectivity index (χ2n) is 5.55. The van der Waals surface area contributed by atoms with E-state index < -0.39 is 5.97 Å². The molecule has 0 saturated carbocycles. The zero-order chi connectivity index (χ0) is 18.1. The standard InChI is InChI=1S/C19H19NO5/c1-20-14-7-5-11(9-12(14)10-15(20)19(21)22)13-6-8-16(23-2)18(25-4)17(13)24-3/h5-10H,1-4H3,(H,21,22). The summed E-state index contributed by atoms with van der Waals surface area (Å²) in [6.45, 7) is 0. The molecule has 0 amide bonds. The molecule has 0 saturated heterocycles. The molecule has 3 rings (SSSR count). The maximum atomic E-state index is 11.3. The van der Waals surface area contributed by atoms with E-state index in [-0.39, 0.29) is 5.69 Å². The average Bonchev–Trinajstić information content (AvgIpc) is 2.96. The summed E-state index contributed by atoms with van der Waals surface area (Å²) in [5.74, 6) is 0.707. The number of nitrogens with zero attached hydrogens (tertiary/aromatic N) is 1. The number of fused-ring (bicyclic) bond motifs is 1. The van der Waals surface area contributed by atoms with Crippen LogP contribution >= 0.6 is 0 Å². The lowest BCUT2D eigenvalue weighted by molar-refractivity contribution is 0.0687. The second-order valence-corrected chi connectivity index (χ2v) is 5.55. The molecule has 0 fully saturated rings. The van der Waals surface area contributed by atoms with E-state index in [9.17, 15) is 9.90 Å². The van der Waals surface area contributed by atoms with Gasteiger partial charge in [-0.15, -0.1) is 0 Å². The Balaban J connectivity index is 2.21. The highest BCUT2D eigenvalue weighted by molar-refractivity contribution is 5.96. The van der Waals surface area contributed by atoms with E-state index in [1.165, 1.54) is 0 Å². The molecule has 0 aliphatic heterocycles. The molecule has 6 nitrogen and oxygen atoms in total. The summed E-state index contributed by atoms with van der Waals surface area (Å²) in [4.78, 5) is 11.3. The van der Waals surface area contributed by atoms with Gasteiger partial charge >= 0.3 is 5.97 Å². The molecule has 1 heterocycles. The first-order chi connectivity index (χ1) is 12.0. The lowest BCUT2D eigenvalue weighted by atomic mass is 10.0. The maximum absolute atomic E-state index is 11.3. The molecule has 0 bridgehead atoms. The number of benzene rings is 2. The Bertz CT molecular complexity index is 958. The van der Waals surface area contributed by atoms with Crippen LogP contribution in [0.5, 0.6) is 17.2 Å². The number of carbonyl (C=O) groups is 1. The van der Waals surface area contributed by atoms with Gasteiger partial charge in [-0.1, -0.05) is 6.07 Å². The second kappa shape index (κ2) is 6.39. The van der Waals surface area contributed by atoms with Gasteiger partial charge in [-0.05, 0) is 35.9 Å². The molecule has 0 radical (unpaired) electrons. The number of carboxylic acids is 1. The van der Waals surface area contributed by atoms with Crippen LogP contribution in [-0.4, -0.2) is 37.0 Å². The first kappa shape index (κ1) is 16.7. The summed E-state index contributed by atoms with van der Waals surface area (Å²) in [5.41, 5.74) is 2.82. The fraction of sp³-hybridized carbons (Fsp3) is 0.211. The topological polar surface area (TPSA) is 69.9 Å². The number of hydrogen-bond donors (Lipinski definition) is 1. The van der Waals surface area contributed by atoms with Crippen molar-refractivity contribution < 1.29 is 24.1 Å². The summed E-state index contributed by atoms with van der Waals surface area (Å²) in [6, 6.07) is 11.1. The predicted octanol–water partition coefficient (Wildman–Crippen LogP) is 3.57. The number of rotatable bonds is 5. The van der Waals surface area contributed by atoms with Crippen LogP contribution in [0.4, 0.5) is 0 Å². The van der Waals surface area contributed by atoms with Crippen molar-refractivity contribution in [2.24, 2.45) is 7.05 Å². The molecule has 25 heavy (non-hydrogen) atoms. The van der Waals surface area contributed by atoms with Crippen molar-refractivity contribution in [3.8, 4) is 28.4 Å². The molecule has 0 unspecified atom stereocenters. The predicted molar refractivity (Wildman–Crippen MR) is 95.0 cm³/mol. The van der Waals surface area contributed by atoms with Crippen LogP contribution in [-0.2, 0) is 7.05 Å². The van der Waals surface area contributed by atoms with Crippen molar-refractivity contribution in [2.75, 3.05) is 21.3 Å². The van der Waals surface area contributed by atoms with Crippen LogP contribution < -0.4 is 14.2 Å².